The van der Waals surface area contributed by atoms with Crippen LogP contribution in [0.4, 0.5) is 0 Å². The Morgan fingerprint density at radius 3 is 2.79 bits per heavy atom. The van der Waals surface area contributed by atoms with E-state index in [0.29, 0.717) is 0 Å². The summed E-state index contributed by atoms with van der Waals surface area (Å²) in [4.78, 5) is 13.3. The molecule has 0 aliphatic heterocycles. The second kappa shape index (κ2) is 4.91. The third kappa shape index (κ3) is 2.56. The molecule has 1 amide bonds. The summed E-state index contributed by atoms with van der Waals surface area (Å²) in [7, 11) is 0. The van der Waals surface area contributed by atoms with Gasteiger partial charge in [-0.25, -0.2) is 0 Å². The molecule has 0 fully saturated rings. The minimum atomic E-state index is -0.366. The fourth-order valence-electron chi connectivity index (χ4n) is 1.17. The molecule has 1 atom stereocenters. The van der Waals surface area contributed by atoms with E-state index in [1.54, 1.807) is 11.3 Å². The lowest BCUT2D eigenvalue weighted by Crippen LogP contribution is -2.32. The zero-order valence-electron chi connectivity index (χ0n) is 8.13. The van der Waals surface area contributed by atoms with Crippen molar-refractivity contribution in [2.75, 3.05) is 6.54 Å². The van der Waals surface area contributed by atoms with Crippen molar-refractivity contribution in [3.05, 3.63) is 20.3 Å². The summed E-state index contributed by atoms with van der Waals surface area (Å²) in [6.07, 6.45) is 0. The Bertz CT molecular complexity index is 318. The van der Waals surface area contributed by atoms with Crippen molar-refractivity contribution in [2.45, 2.75) is 19.9 Å². The molecule has 5 heteroatoms. The van der Waals surface area contributed by atoms with E-state index >= 15 is 0 Å². The molecule has 0 saturated heterocycles. The van der Waals surface area contributed by atoms with Gasteiger partial charge in [0, 0.05) is 14.2 Å². The summed E-state index contributed by atoms with van der Waals surface area (Å²) < 4.78 is 1.03. The third-order valence-corrected chi connectivity index (χ3v) is 4.06. The summed E-state index contributed by atoms with van der Waals surface area (Å²) in [5.41, 5.74) is 5.30. The number of primary amides is 1. The van der Waals surface area contributed by atoms with E-state index in [9.17, 15) is 4.79 Å². The number of hydrogen-bond acceptors (Lipinski definition) is 3. The van der Waals surface area contributed by atoms with E-state index in [4.69, 9.17) is 5.73 Å². The number of likely N-dealkylation sites (N-methyl/N-ethyl adjacent to an activating group) is 1. The van der Waals surface area contributed by atoms with Gasteiger partial charge in [-0.05, 0) is 35.5 Å². The maximum absolute atomic E-state index is 11.2. The maximum atomic E-state index is 11.2. The van der Waals surface area contributed by atoms with E-state index in [2.05, 4.69) is 21.2 Å². The number of nitrogens with one attached hydrogen (secondary N) is 1. The van der Waals surface area contributed by atoms with Crippen LogP contribution in [-0.4, -0.2) is 12.5 Å². The smallest absolute Gasteiger partial charge is 0.239 e. The summed E-state index contributed by atoms with van der Waals surface area (Å²) in [5.74, 6) is -0.333. The predicted octanol–water partition coefficient (Wildman–Crippen LogP) is 1.95. The lowest BCUT2D eigenvalue weighted by Gasteiger charge is -2.11. The molecule has 0 aromatic carbocycles. The molecule has 0 aliphatic rings. The van der Waals surface area contributed by atoms with Gasteiger partial charge in [-0.2, -0.15) is 0 Å². The number of halogens is 1. The summed E-state index contributed by atoms with van der Waals surface area (Å²) in [6, 6.07) is 1.58. The molecule has 0 saturated carbocycles. The van der Waals surface area contributed by atoms with Crippen molar-refractivity contribution in [1.82, 2.24) is 5.32 Å². The fraction of sp³-hybridized carbons (Fsp3) is 0.444. The molecule has 1 unspecified atom stereocenters. The Morgan fingerprint density at radius 1 is 1.79 bits per heavy atom. The number of rotatable bonds is 4. The van der Waals surface area contributed by atoms with Gasteiger partial charge in [-0.1, -0.05) is 6.92 Å². The van der Waals surface area contributed by atoms with Crippen molar-refractivity contribution in [3.8, 4) is 0 Å². The van der Waals surface area contributed by atoms with Crippen molar-refractivity contribution >= 4 is 33.2 Å². The molecule has 78 valence electrons. The lowest BCUT2D eigenvalue weighted by atomic mass is 10.2. The highest BCUT2D eigenvalue weighted by atomic mass is 79.9. The zero-order valence-corrected chi connectivity index (χ0v) is 10.5. The molecule has 1 aromatic heterocycles. The SMILES string of the molecule is CCNC(C(N)=O)c1cc(Br)c(C)s1. The van der Waals surface area contributed by atoms with E-state index in [1.807, 2.05) is 19.9 Å². The normalized spacial score (nSPS) is 12.8. The highest BCUT2D eigenvalue weighted by molar-refractivity contribution is 9.10. The highest BCUT2D eigenvalue weighted by Crippen LogP contribution is 2.30. The van der Waals surface area contributed by atoms with Gasteiger partial charge >= 0.3 is 0 Å². The molecule has 3 nitrogen and oxygen atoms in total. The lowest BCUT2D eigenvalue weighted by molar-refractivity contribution is -0.120. The molecule has 0 spiro atoms. The van der Waals surface area contributed by atoms with Crippen LogP contribution in [-0.2, 0) is 4.79 Å². The van der Waals surface area contributed by atoms with Gasteiger partial charge < -0.3 is 11.1 Å². The second-order valence-electron chi connectivity index (χ2n) is 2.95. The van der Waals surface area contributed by atoms with E-state index in [-0.39, 0.29) is 11.9 Å². The highest BCUT2D eigenvalue weighted by Gasteiger charge is 2.19. The largest absolute Gasteiger partial charge is 0.368 e. The topological polar surface area (TPSA) is 55.1 Å². The van der Waals surface area contributed by atoms with Gasteiger partial charge in [0.2, 0.25) is 5.91 Å². The number of aryl methyl sites for hydroxylation is 1. The number of nitrogens with two attached hydrogens (primary N) is 1. The van der Waals surface area contributed by atoms with Gasteiger partial charge in [0.25, 0.3) is 0 Å². The first-order valence-electron chi connectivity index (χ1n) is 4.34. The van der Waals surface area contributed by atoms with Crippen LogP contribution >= 0.6 is 27.3 Å². The Kier molecular flexibility index (Phi) is 4.10. The van der Waals surface area contributed by atoms with Gasteiger partial charge in [-0.3, -0.25) is 4.79 Å². The molecule has 0 bridgehead atoms. The Morgan fingerprint density at radius 2 is 2.43 bits per heavy atom. The molecule has 14 heavy (non-hydrogen) atoms. The molecular weight excluding hydrogens is 264 g/mol. The number of amides is 1. The molecular formula is C9H13BrN2OS. The number of thiophene rings is 1. The van der Waals surface area contributed by atoms with Crippen LogP contribution < -0.4 is 11.1 Å². The first kappa shape index (κ1) is 11.7. The molecule has 3 N–H and O–H groups in total. The number of hydrogen-bond donors (Lipinski definition) is 2. The van der Waals surface area contributed by atoms with Gasteiger partial charge in [0.15, 0.2) is 0 Å². The van der Waals surface area contributed by atoms with Gasteiger partial charge in [0.05, 0.1) is 0 Å². The maximum Gasteiger partial charge on any atom is 0.239 e. The minimum Gasteiger partial charge on any atom is -0.368 e. The van der Waals surface area contributed by atoms with Crippen molar-refractivity contribution in [3.63, 3.8) is 0 Å². The quantitative estimate of drug-likeness (QED) is 0.883. The van der Waals surface area contributed by atoms with Crippen LogP contribution in [0.25, 0.3) is 0 Å². The van der Waals surface area contributed by atoms with Crippen LogP contribution in [0.1, 0.15) is 22.7 Å². The van der Waals surface area contributed by atoms with E-state index in [0.717, 1.165) is 20.8 Å². The van der Waals surface area contributed by atoms with Crippen LogP contribution in [0.5, 0.6) is 0 Å². The predicted molar refractivity (Wildman–Crippen MR) is 62.4 cm³/mol. The molecule has 1 aromatic rings. The summed E-state index contributed by atoms with van der Waals surface area (Å²) >= 11 is 5.00. The van der Waals surface area contributed by atoms with Crippen LogP contribution in [0.3, 0.4) is 0 Å². The van der Waals surface area contributed by atoms with Crippen molar-refractivity contribution in [2.24, 2.45) is 5.73 Å². The van der Waals surface area contributed by atoms with Crippen LogP contribution in [0.2, 0.25) is 0 Å². The first-order valence-corrected chi connectivity index (χ1v) is 5.95. The van der Waals surface area contributed by atoms with E-state index < -0.39 is 0 Å². The average Bonchev–Trinajstić information content (AvgIpc) is 2.42. The summed E-state index contributed by atoms with van der Waals surface area (Å²) in [5, 5.41) is 3.05. The van der Waals surface area contributed by atoms with Gasteiger partial charge in [-0.15, -0.1) is 11.3 Å². The van der Waals surface area contributed by atoms with Crippen molar-refractivity contribution in [1.29, 1.82) is 0 Å². The average molecular weight is 277 g/mol. The Labute approximate surface area is 95.8 Å². The first-order chi connectivity index (χ1) is 6.56. The zero-order chi connectivity index (χ0) is 10.7. The Hall–Kier alpha value is -0.390. The molecule has 0 aliphatic carbocycles. The third-order valence-electron chi connectivity index (χ3n) is 1.85. The van der Waals surface area contributed by atoms with E-state index in [1.165, 1.54) is 0 Å². The molecule has 1 rings (SSSR count). The molecule has 1 heterocycles. The van der Waals surface area contributed by atoms with Crippen LogP contribution in [0, 0.1) is 6.92 Å². The minimum absolute atomic E-state index is 0.333. The van der Waals surface area contributed by atoms with Gasteiger partial charge in [0.1, 0.15) is 6.04 Å². The van der Waals surface area contributed by atoms with Crippen LogP contribution in [0.15, 0.2) is 10.5 Å². The fourth-order valence-corrected chi connectivity index (χ4v) is 2.81. The van der Waals surface area contributed by atoms with Crippen molar-refractivity contribution < 1.29 is 4.79 Å². The second-order valence-corrected chi connectivity index (χ2v) is 5.09. The number of carbonyl (C=O) groups is 1. The molecule has 0 radical (unpaired) electrons. The monoisotopic (exact) mass is 276 g/mol. The number of carbonyl (C=O) groups excluding carboxylic acids is 1. The standard InChI is InChI=1S/C9H13BrN2OS/c1-3-12-8(9(11)13)7-4-6(10)5(2)14-7/h4,8,12H,3H2,1-2H3,(H2,11,13). The Balaban J connectivity index is 2.93. The summed E-state index contributed by atoms with van der Waals surface area (Å²) in [6.45, 7) is 4.68.